The maximum absolute atomic E-state index is 6.91. The molecule has 5 rings (SSSR count). The molecular formula is C23H39B2OS2. The summed E-state index contributed by atoms with van der Waals surface area (Å²) in [5.41, 5.74) is 0. The number of thioether (sulfide) groups is 2. The molecule has 2 unspecified atom stereocenters. The lowest BCUT2D eigenvalue weighted by atomic mass is 9.38. The van der Waals surface area contributed by atoms with Crippen LogP contribution in [0.1, 0.15) is 96.3 Å². The molecule has 155 valence electrons. The highest BCUT2D eigenvalue weighted by molar-refractivity contribution is 8.04. The van der Waals surface area contributed by atoms with Gasteiger partial charge in [-0.1, -0.05) is 70.0 Å². The molecule has 0 N–H and O–H groups in total. The van der Waals surface area contributed by atoms with Crippen LogP contribution in [0.4, 0.5) is 0 Å². The van der Waals surface area contributed by atoms with Crippen molar-refractivity contribution in [1.29, 1.82) is 0 Å². The van der Waals surface area contributed by atoms with E-state index in [2.05, 4.69) is 30.8 Å². The molecule has 1 aliphatic carbocycles. The van der Waals surface area contributed by atoms with Gasteiger partial charge in [0.15, 0.2) is 0 Å². The van der Waals surface area contributed by atoms with Gasteiger partial charge in [-0.3, -0.25) is 0 Å². The summed E-state index contributed by atoms with van der Waals surface area (Å²) in [6.07, 6.45) is 22.2. The Hall–Kier alpha value is 0.790. The molecule has 5 aliphatic rings. The molecule has 5 heteroatoms. The van der Waals surface area contributed by atoms with E-state index in [-0.39, 0.29) is 0 Å². The molecule has 0 amide bonds. The van der Waals surface area contributed by atoms with Gasteiger partial charge in [0.1, 0.15) is 7.28 Å². The Bertz CT molecular complexity index is 487. The zero-order valence-electron chi connectivity index (χ0n) is 17.8. The number of fused-ring (bicyclic) bond motifs is 4. The molecule has 1 saturated carbocycles. The minimum Gasteiger partial charge on any atom is -0.432 e. The normalized spacial score (nSPS) is 43.0. The van der Waals surface area contributed by atoms with E-state index in [9.17, 15) is 0 Å². The first kappa shape index (κ1) is 20.7. The fourth-order valence-electron chi connectivity index (χ4n) is 7.27. The van der Waals surface area contributed by atoms with E-state index >= 15 is 0 Å². The molecule has 0 aromatic heterocycles. The van der Waals surface area contributed by atoms with Gasteiger partial charge in [-0.05, 0) is 48.4 Å². The lowest BCUT2D eigenvalue weighted by molar-refractivity contribution is 0.187. The first-order chi connectivity index (χ1) is 13.8. The van der Waals surface area contributed by atoms with Crippen LogP contribution >= 0.6 is 23.5 Å². The van der Waals surface area contributed by atoms with Gasteiger partial charge >= 0.3 is 0 Å². The first-order valence-corrected chi connectivity index (χ1v) is 14.6. The minimum absolute atomic E-state index is 0.562. The van der Waals surface area contributed by atoms with Gasteiger partial charge in [0, 0.05) is 16.8 Å². The topological polar surface area (TPSA) is 9.23 Å². The fraction of sp³-hybridized carbons (Fsp3) is 1.00. The van der Waals surface area contributed by atoms with Gasteiger partial charge in [-0.2, -0.15) is 23.5 Å². The molecule has 1 radical (unpaired) electrons. The van der Waals surface area contributed by atoms with E-state index in [1.807, 2.05) is 0 Å². The van der Waals surface area contributed by atoms with Crippen LogP contribution in [0.15, 0.2) is 0 Å². The van der Waals surface area contributed by atoms with Crippen molar-refractivity contribution >= 4 is 37.7 Å². The largest absolute Gasteiger partial charge is 0.432 e. The number of hydrogen-bond donors (Lipinski definition) is 0. The molecule has 4 saturated heterocycles. The van der Waals surface area contributed by atoms with Crippen molar-refractivity contribution in [3.8, 4) is 0 Å². The van der Waals surface area contributed by atoms with Crippen molar-refractivity contribution in [2.75, 3.05) is 11.5 Å². The molecule has 4 bridgehead atoms. The summed E-state index contributed by atoms with van der Waals surface area (Å²) in [4.78, 5) is 0. The van der Waals surface area contributed by atoms with Crippen LogP contribution in [-0.2, 0) is 4.65 Å². The first-order valence-electron chi connectivity index (χ1n) is 12.6. The van der Waals surface area contributed by atoms with E-state index in [0.717, 1.165) is 22.7 Å². The summed E-state index contributed by atoms with van der Waals surface area (Å²) in [6, 6.07) is 0. The van der Waals surface area contributed by atoms with E-state index in [1.54, 1.807) is 0 Å². The SMILES string of the molecule is [B]1C2CCCC1(SCCSC1CCCC1OB1C3CCCC1CCC3)CCC2. The molecule has 28 heavy (non-hydrogen) atoms. The van der Waals surface area contributed by atoms with E-state index in [1.165, 1.54) is 108 Å². The monoisotopic (exact) mass is 417 g/mol. The highest BCUT2D eigenvalue weighted by Gasteiger charge is 2.44. The molecule has 4 aliphatic heterocycles. The zero-order chi connectivity index (χ0) is 18.8. The summed E-state index contributed by atoms with van der Waals surface area (Å²) in [5, 5.41) is 0.787. The summed E-state index contributed by atoms with van der Waals surface area (Å²) in [5.74, 6) is 5.44. The fourth-order valence-corrected chi connectivity index (χ4v) is 10.3. The number of rotatable bonds is 7. The molecular weight excluding hydrogens is 378 g/mol. The standard InChI is InChI=1S/C23H39B2OS2/c1-8-19-10-2-11-20(9-1)25(19)26-21-12-3-13-22(21)27-16-17-28-23-14-4-6-18(24-23)7-5-15-23/h18-22H,1-17H2. The third-order valence-electron chi connectivity index (χ3n) is 8.65. The average molecular weight is 417 g/mol. The predicted molar refractivity (Wildman–Crippen MR) is 128 cm³/mol. The maximum Gasteiger partial charge on any atom is 0.299 e. The third kappa shape index (κ3) is 4.67. The summed E-state index contributed by atoms with van der Waals surface area (Å²) < 4.78 is 7.47. The quantitative estimate of drug-likeness (QED) is 0.325. The van der Waals surface area contributed by atoms with Crippen molar-refractivity contribution < 1.29 is 4.65 Å². The van der Waals surface area contributed by atoms with Crippen molar-refractivity contribution in [1.82, 2.24) is 0 Å². The smallest absolute Gasteiger partial charge is 0.299 e. The lowest BCUT2D eigenvalue weighted by Crippen LogP contribution is -2.42. The second-order valence-corrected chi connectivity index (χ2v) is 13.3. The van der Waals surface area contributed by atoms with Gasteiger partial charge < -0.3 is 4.65 Å². The predicted octanol–water partition coefficient (Wildman–Crippen LogP) is 7.05. The molecule has 0 aromatic carbocycles. The summed E-state index contributed by atoms with van der Waals surface area (Å²) in [6.45, 7) is 0.623. The van der Waals surface area contributed by atoms with Crippen LogP contribution in [0.2, 0.25) is 17.5 Å². The van der Waals surface area contributed by atoms with E-state index in [4.69, 9.17) is 4.65 Å². The Balaban J connectivity index is 1.08. The average Bonchev–Trinajstić information content (AvgIpc) is 3.12. The highest BCUT2D eigenvalue weighted by atomic mass is 32.2. The van der Waals surface area contributed by atoms with Gasteiger partial charge in [0.05, 0.1) is 6.10 Å². The maximum atomic E-state index is 6.91. The molecule has 1 nitrogen and oxygen atoms in total. The number of hydrogen-bond acceptors (Lipinski definition) is 3. The van der Waals surface area contributed by atoms with E-state index < -0.39 is 0 Å². The van der Waals surface area contributed by atoms with Crippen LogP contribution in [-0.4, -0.2) is 41.7 Å². The minimum atomic E-state index is 0.562. The van der Waals surface area contributed by atoms with Crippen molar-refractivity contribution in [3.63, 3.8) is 0 Å². The Kier molecular flexibility index (Phi) is 7.03. The van der Waals surface area contributed by atoms with Gasteiger partial charge in [0.25, 0.3) is 6.92 Å². The molecule has 4 heterocycles. The van der Waals surface area contributed by atoms with Crippen LogP contribution in [0, 0.1) is 0 Å². The van der Waals surface area contributed by atoms with Crippen molar-refractivity contribution in [2.45, 2.75) is 130 Å². The third-order valence-corrected chi connectivity index (χ3v) is 11.8. The van der Waals surface area contributed by atoms with Crippen molar-refractivity contribution in [3.05, 3.63) is 0 Å². The highest BCUT2D eigenvalue weighted by Crippen LogP contribution is 2.50. The zero-order valence-corrected chi connectivity index (χ0v) is 19.4. The Morgan fingerprint density at radius 1 is 0.786 bits per heavy atom. The molecule has 0 aromatic rings. The molecule has 5 fully saturated rings. The van der Waals surface area contributed by atoms with E-state index in [0.29, 0.717) is 17.7 Å². The van der Waals surface area contributed by atoms with Crippen molar-refractivity contribution in [2.24, 2.45) is 0 Å². The summed E-state index contributed by atoms with van der Waals surface area (Å²) in [7, 11) is 2.78. The second-order valence-electron chi connectivity index (χ2n) is 10.5. The Labute approximate surface area is 183 Å². The Morgan fingerprint density at radius 2 is 1.46 bits per heavy atom. The van der Waals surface area contributed by atoms with Gasteiger partial charge in [-0.15, -0.1) is 0 Å². The summed E-state index contributed by atoms with van der Waals surface area (Å²) >= 11 is 4.58. The second kappa shape index (κ2) is 9.51. The molecule has 2 atom stereocenters. The van der Waals surface area contributed by atoms with Crippen LogP contribution in [0.3, 0.4) is 0 Å². The van der Waals surface area contributed by atoms with Gasteiger partial charge in [0.2, 0.25) is 0 Å². The molecule has 0 spiro atoms. The van der Waals surface area contributed by atoms with Crippen LogP contribution in [0.5, 0.6) is 0 Å². The lowest BCUT2D eigenvalue weighted by Gasteiger charge is -2.44. The van der Waals surface area contributed by atoms with Crippen LogP contribution in [0.25, 0.3) is 0 Å². The Morgan fingerprint density at radius 3 is 2.18 bits per heavy atom. The van der Waals surface area contributed by atoms with Gasteiger partial charge in [-0.25, -0.2) is 0 Å². The van der Waals surface area contributed by atoms with Crippen LogP contribution < -0.4 is 0 Å².